The van der Waals surface area contributed by atoms with Gasteiger partial charge in [0.25, 0.3) is 5.91 Å². The van der Waals surface area contributed by atoms with Gasteiger partial charge in [-0.3, -0.25) is 9.78 Å². The Morgan fingerprint density at radius 1 is 1.15 bits per heavy atom. The highest BCUT2D eigenvalue weighted by molar-refractivity contribution is 5.93. The molecule has 138 valence electrons. The molecule has 0 aliphatic carbocycles. The first kappa shape index (κ1) is 18.4. The molecule has 2 heterocycles. The molecular weight excluding hydrogens is 322 g/mol. The van der Waals surface area contributed by atoms with Crippen LogP contribution in [0.5, 0.6) is 0 Å². The predicted octanol–water partition coefficient (Wildman–Crippen LogP) is 4.99. The lowest BCUT2D eigenvalue weighted by Crippen LogP contribution is -2.39. The fraction of sp³-hybridized carbons (Fsp3) is 0.455. The number of amides is 1. The van der Waals surface area contributed by atoms with Gasteiger partial charge in [-0.05, 0) is 54.0 Å². The molecular formula is C22H29N3O. The first-order valence-corrected chi connectivity index (χ1v) is 9.46. The van der Waals surface area contributed by atoms with Crippen molar-refractivity contribution < 1.29 is 4.79 Å². The van der Waals surface area contributed by atoms with E-state index in [1.165, 1.54) is 12.0 Å². The lowest BCUT2D eigenvalue weighted by molar-refractivity contribution is 0.0677. The first-order chi connectivity index (χ1) is 12.3. The van der Waals surface area contributed by atoms with Crippen molar-refractivity contribution in [3.05, 3.63) is 53.9 Å². The lowest BCUT2D eigenvalue weighted by Gasteiger charge is -2.30. The van der Waals surface area contributed by atoms with E-state index in [0.717, 1.165) is 30.9 Å². The van der Waals surface area contributed by atoms with Crippen molar-refractivity contribution in [2.75, 3.05) is 18.4 Å². The van der Waals surface area contributed by atoms with E-state index in [0.29, 0.717) is 11.6 Å². The van der Waals surface area contributed by atoms with Gasteiger partial charge in [0.15, 0.2) is 0 Å². The number of piperidine rings is 1. The fourth-order valence-electron chi connectivity index (χ4n) is 3.38. The maximum Gasteiger partial charge on any atom is 0.272 e. The van der Waals surface area contributed by atoms with Gasteiger partial charge in [-0.25, -0.2) is 0 Å². The topological polar surface area (TPSA) is 45.2 Å². The minimum absolute atomic E-state index is 0.0308. The van der Waals surface area contributed by atoms with E-state index in [9.17, 15) is 4.79 Å². The van der Waals surface area contributed by atoms with Crippen LogP contribution in [0, 0.1) is 5.92 Å². The van der Waals surface area contributed by atoms with Crippen LogP contribution < -0.4 is 5.32 Å². The van der Waals surface area contributed by atoms with Crippen LogP contribution in [-0.2, 0) is 5.41 Å². The number of rotatable bonds is 3. The Morgan fingerprint density at radius 3 is 2.54 bits per heavy atom. The van der Waals surface area contributed by atoms with Gasteiger partial charge in [0.2, 0.25) is 0 Å². The average Bonchev–Trinajstić information content (AvgIpc) is 2.61. The Morgan fingerprint density at radius 2 is 1.88 bits per heavy atom. The highest BCUT2D eigenvalue weighted by atomic mass is 16.2. The molecule has 1 atom stereocenters. The van der Waals surface area contributed by atoms with Crippen molar-refractivity contribution >= 4 is 17.3 Å². The van der Waals surface area contributed by atoms with E-state index >= 15 is 0 Å². The minimum Gasteiger partial charge on any atom is -0.355 e. The summed E-state index contributed by atoms with van der Waals surface area (Å²) in [5, 5.41) is 3.38. The van der Waals surface area contributed by atoms with Crippen molar-refractivity contribution in [1.29, 1.82) is 0 Å². The van der Waals surface area contributed by atoms with Crippen LogP contribution >= 0.6 is 0 Å². The summed E-state index contributed by atoms with van der Waals surface area (Å²) in [7, 11) is 0. The summed E-state index contributed by atoms with van der Waals surface area (Å²) < 4.78 is 0. The number of nitrogens with zero attached hydrogens (tertiary/aromatic N) is 2. The maximum atomic E-state index is 12.7. The summed E-state index contributed by atoms with van der Waals surface area (Å²) in [6, 6.07) is 12.2. The number of hydrogen-bond donors (Lipinski definition) is 1. The second-order valence-corrected chi connectivity index (χ2v) is 8.38. The number of aromatic nitrogens is 1. The molecule has 1 unspecified atom stereocenters. The van der Waals surface area contributed by atoms with Gasteiger partial charge in [0.05, 0.1) is 0 Å². The lowest BCUT2D eigenvalue weighted by atomic mass is 9.87. The summed E-state index contributed by atoms with van der Waals surface area (Å²) in [6.45, 7) is 10.5. The normalized spacial score (nSPS) is 17.8. The number of likely N-dealkylation sites (tertiary alicyclic amines) is 1. The highest BCUT2D eigenvalue weighted by Crippen LogP contribution is 2.25. The van der Waals surface area contributed by atoms with Gasteiger partial charge in [-0.2, -0.15) is 0 Å². The van der Waals surface area contributed by atoms with Crippen LogP contribution in [0.2, 0.25) is 0 Å². The SMILES string of the molecule is CC1CCCN(C(=O)c2cc(Nc3ccc(C(C)(C)C)cc3)ccn2)C1. The van der Waals surface area contributed by atoms with E-state index in [2.05, 4.69) is 62.3 Å². The molecule has 1 amide bonds. The Labute approximate surface area is 156 Å². The first-order valence-electron chi connectivity index (χ1n) is 9.46. The zero-order chi connectivity index (χ0) is 18.7. The molecule has 1 aliphatic rings. The predicted molar refractivity (Wildman–Crippen MR) is 107 cm³/mol. The zero-order valence-corrected chi connectivity index (χ0v) is 16.2. The van der Waals surface area contributed by atoms with Crippen LogP contribution in [0.3, 0.4) is 0 Å². The molecule has 2 aromatic rings. The number of benzene rings is 1. The van der Waals surface area contributed by atoms with Crippen LogP contribution in [0.25, 0.3) is 0 Å². The molecule has 0 radical (unpaired) electrons. The molecule has 0 spiro atoms. The largest absolute Gasteiger partial charge is 0.355 e. The van der Waals surface area contributed by atoms with E-state index in [1.807, 2.05) is 17.0 Å². The molecule has 4 heteroatoms. The van der Waals surface area contributed by atoms with Crippen molar-refractivity contribution in [1.82, 2.24) is 9.88 Å². The summed E-state index contributed by atoms with van der Waals surface area (Å²) in [5.74, 6) is 0.596. The second kappa shape index (κ2) is 7.48. The number of carbonyl (C=O) groups is 1. The van der Waals surface area contributed by atoms with Crippen molar-refractivity contribution in [3.63, 3.8) is 0 Å². The molecule has 1 fully saturated rings. The van der Waals surface area contributed by atoms with Crippen LogP contribution in [0.4, 0.5) is 11.4 Å². The van der Waals surface area contributed by atoms with Gasteiger partial charge < -0.3 is 10.2 Å². The number of anilines is 2. The number of nitrogens with one attached hydrogen (secondary N) is 1. The van der Waals surface area contributed by atoms with E-state index in [-0.39, 0.29) is 11.3 Å². The van der Waals surface area contributed by atoms with E-state index in [1.54, 1.807) is 6.20 Å². The molecule has 0 saturated carbocycles. The third-order valence-corrected chi connectivity index (χ3v) is 4.96. The smallest absolute Gasteiger partial charge is 0.272 e. The second-order valence-electron chi connectivity index (χ2n) is 8.38. The molecule has 1 aromatic heterocycles. The van der Waals surface area contributed by atoms with Crippen LogP contribution in [0.15, 0.2) is 42.6 Å². The summed E-state index contributed by atoms with van der Waals surface area (Å²) in [6.07, 6.45) is 3.97. The number of pyridine rings is 1. The van der Waals surface area contributed by atoms with Crippen LogP contribution in [0.1, 0.15) is 56.6 Å². The summed E-state index contributed by atoms with van der Waals surface area (Å²) >= 11 is 0. The molecule has 1 aliphatic heterocycles. The quantitative estimate of drug-likeness (QED) is 0.847. The molecule has 0 bridgehead atoms. The van der Waals surface area contributed by atoms with Gasteiger partial charge in [-0.1, -0.05) is 39.8 Å². The minimum atomic E-state index is 0.0308. The molecule has 4 nitrogen and oxygen atoms in total. The monoisotopic (exact) mass is 351 g/mol. The summed E-state index contributed by atoms with van der Waals surface area (Å²) in [4.78, 5) is 19.0. The van der Waals surface area contributed by atoms with Crippen LogP contribution in [-0.4, -0.2) is 28.9 Å². The maximum absolute atomic E-state index is 12.7. The Kier molecular flexibility index (Phi) is 5.30. The standard InChI is InChI=1S/C22H29N3O/c1-16-6-5-13-25(15-16)21(26)20-14-19(11-12-23-20)24-18-9-7-17(8-10-18)22(2,3)4/h7-12,14,16H,5-6,13,15H2,1-4H3,(H,23,24). The fourth-order valence-corrected chi connectivity index (χ4v) is 3.38. The Bertz CT molecular complexity index is 762. The number of carbonyl (C=O) groups excluding carboxylic acids is 1. The molecule has 1 aromatic carbocycles. The van der Waals surface area contributed by atoms with E-state index in [4.69, 9.17) is 0 Å². The van der Waals surface area contributed by atoms with Gasteiger partial charge in [0.1, 0.15) is 5.69 Å². The highest BCUT2D eigenvalue weighted by Gasteiger charge is 2.23. The third kappa shape index (κ3) is 4.43. The third-order valence-electron chi connectivity index (χ3n) is 4.96. The van der Waals surface area contributed by atoms with Crippen molar-refractivity contribution in [3.8, 4) is 0 Å². The average molecular weight is 351 g/mol. The Hall–Kier alpha value is -2.36. The number of hydrogen-bond acceptors (Lipinski definition) is 3. The molecule has 3 rings (SSSR count). The Balaban J connectivity index is 1.72. The van der Waals surface area contributed by atoms with E-state index < -0.39 is 0 Å². The molecule has 1 N–H and O–H groups in total. The van der Waals surface area contributed by atoms with Crippen molar-refractivity contribution in [2.24, 2.45) is 5.92 Å². The zero-order valence-electron chi connectivity index (χ0n) is 16.2. The van der Waals surface area contributed by atoms with Gasteiger partial charge in [0, 0.05) is 30.7 Å². The van der Waals surface area contributed by atoms with Gasteiger partial charge in [-0.15, -0.1) is 0 Å². The molecule has 26 heavy (non-hydrogen) atoms. The van der Waals surface area contributed by atoms with Gasteiger partial charge >= 0.3 is 0 Å². The molecule has 1 saturated heterocycles. The summed E-state index contributed by atoms with van der Waals surface area (Å²) in [5.41, 5.74) is 3.84. The van der Waals surface area contributed by atoms with Crippen molar-refractivity contribution in [2.45, 2.75) is 46.0 Å².